The van der Waals surface area contributed by atoms with Crippen molar-refractivity contribution in [2.75, 3.05) is 18.0 Å². The molecule has 2 amide bonds. The van der Waals surface area contributed by atoms with E-state index in [9.17, 15) is 9.59 Å². The van der Waals surface area contributed by atoms with E-state index in [1.54, 1.807) is 11.2 Å². The third kappa shape index (κ3) is 5.06. The molecule has 1 N–H and O–H groups in total. The molecule has 0 radical (unpaired) electrons. The number of nitrogens with one attached hydrogen (secondary N) is 1. The first kappa shape index (κ1) is 26.6. The molecule has 0 bridgehead atoms. The van der Waals surface area contributed by atoms with E-state index in [2.05, 4.69) is 15.2 Å². The lowest BCUT2D eigenvalue weighted by atomic mass is 9.72. The van der Waals surface area contributed by atoms with E-state index in [0.717, 1.165) is 37.1 Å². The molecule has 3 fully saturated rings. The van der Waals surface area contributed by atoms with E-state index in [1.165, 1.54) is 38.5 Å². The molecule has 210 valence electrons. The van der Waals surface area contributed by atoms with Gasteiger partial charge in [0.1, 0.15) is 11.9 Å². The van der Waals surface area contributed by atoms with Crippen molar-refractivity contribution in [2.45, 2.75) is 108 Å². The number of benzene rings is 1. The average molecular weight is 554 g/mol. The number of amides is 2. The van der Waals surface area contributed by atoms with Gasteiger partial charge in [0.25, 0.3) is 0 Å². The fourth-order valence-electron chi connectivity index (χ4n) is 7.31. The molecule has 0 atom stereocenters. The molecule has 8 nitrogen and oxygen atoms in total. The molecule has 9 heteroatoms. The number of nitrogens with zero attached hydrogens (tertiary/aromatic N) is 4. The molecule has 1 aromatic carbocycles. The van der Waals surface area contributed by atoms with Crippen LogP contribution in [0.25, 0.3) is 5.69 Å². The molecule has 3 heterocycles. The van der Waals surface area contributed by atoms with Crippen molar-refractivity contribution in [3.8, 4) is 5.69 Å². The number of carbonyl (C=O) groups excluding carboxylic acids is 2. The Morgan fingerprint density at radius 2 is 1.56 bits per heavy atom. The van der Waals surface area contributed by atoms with E-state index < -0.39 is 11.6 Å². The van der Waals surface area contributed by atoms with Gasteiger partial charge in [-0.2, -0.15) is 0 Å². The van der Waals surface area contributed by atoms with Crippen LogP contribution < -0.4 is 10.2 Å². The molecule has 39 heavy (non-hydrogen) atoms. The number of fused-ring (bicyclic) bond motifs is 3. The minimum absolute atomic E-state index is 0.0279. The van der Waals surface area contributed by atoms with E-state index in [4.69, 9.17) is 16.3 Å². The van der Waals surface area contributed by atoms with Crippen molar-refractivity contribution in [1.29, 1.82) is 0 Å². The number of aromatic nitrogens is 2. The SMILES string of the molecule is CC(C)(C)OC(=O)c1ncn2c1CN(C(=O)N1CC3(CCCCC3)NC3(CCCCC3)C1)c1cc(Cl)ccc1-2. The highest BCUT2D eigenvalue weighted by molar-refractivity contribution is 6.31. The van der Waals surface area contributed by atoms with Crippen LogP contribution in [0.3, 0.4) is 0 Å². The zero-order chi connectivity index (χ0) is 27.4. The average Bonchev–Trinajstić information content (AvgIpc) is 3.31. The van der Waals surface area contributed by atoms with E-state index >= 15 is 0 Å². The maximum atomic E-state index is 14.6. The van der Waals surface area contributed by atoms with Crippen LogP contribution >= 0.6 is 11.6 Å². The minimum atomic E-state index is -0.646. The first-order chi connectivity index (χ1) is 18.6. The molecule has 2 saturated carbocycles. The molecule has 2 spiro atoms. The monoisotopic (exact) mass is 553 g/mol. The molecule has 2 aliphatic heterocycles. The standard InChI is InChI=1S/C30H40ClN5O3/c1-28(2,3)39-26(37)25-24-17-35(23-16-21(31)10-11-22(23)36(24)20-32-25)27(38)34-18-29(12-6-4-7-13-29)33-30(19-34)14-8-5-9-15-30/h10-11,16,20,33H,4-9,12-15,17-19H2,1-3H3. The zero-order valence-corrected chi connectivity index (χ0v) is 24.1. The topological polar surface area (TPSA) is 79.7 Å². The molecule has 1 saturated heterocycles. The van der Waals surface area contributed by atoms with Gasteiger partial charge in [-0.05, 0) is 64.7 Å². The molecule has 2 aromatic rings. The van der Waals surface area contributed by atoms with E-state index in [1.807, 2.05) is 43.5 Å². The number of carbonyl (C=O) groups is 2. The Morgan fingerprint density at radius 3 is 2.15 bits per heavy atom. The van der Waals surface area contributed by atoms with Gasteiger partial charge in [0.15, 0.2) is 5.69 Å². The largest absolute Gasteiger partial charge is 0.455 e. The lowest BCUT2D eigenvalue weighted by molar-refractivity contribution is 0.00618. The summed E-state index contributed by atoms with van der Waals surface area (Å²) < 4.78 is 7.55. The van der Waals surface area contributed by atoms with Crippen molar-refractivity contribution in [3.05, 3.63) is 40.9 Å². The quantitative estimate of drug-likeness (QED) is 0.423. The van der Waals surface area contributed by atoms with Gasteiger partial charge in [0.05, 0.1) is 23.6 Å². The highest BCUT2D eigenvalue weighted by atomic mass is 35.5. The van der Waals surface area contributed by atoms with Gasteiger partial charge in [0.2, 0.25) is 0 Å². The fraction of sp³-hybridized carbons (Fsp3) is 0.633. The number of ether oxygens (including phenoxy) is 1. The summed E-state index contributed by atoms with van der Waals surface area (Å²) in [6, 6.07) is 5.52. The van der Waals surface area contributed by atoms with Crippen molar-refractivity contribution >= 4 is 29.3 Å². The number of hydrogen-bond donors (Lipinski definition) is 1. The van der Waals surface area contributed by atoms with Crippen LogP contribution in [-0.4, -0.2) is 56.2 Å². The summed E-state index contributed by atoms with van der Waals surface area (Å²) in [5, 5.41) is 4.71. The summed E-state index contributed by atoms with van der Waals surface area (Å²) in [7, 11) is 0. The predicted octanol–water partition coefficient (Wildman–Crippen LogP) is 6.23. The Morgan fingerprint density at radius 1 is 0.949 bits per heavy atom. The molecule has 2 aliphatic carbocycles. The number of hydrogen-bond acceptors (Lipinski definition) is 5. The van der Waals surface area contributed by atoms with Gasteiger partial charge in [-0.1, -0.05) is 50.1 Å². The normalized spacial score (nSPS) is 21.9. The molecule has 1 aromatic heterocycles. The number of piperazine rings is 1. The van der Waals surface area contributed by atoms with Crippen LogP contribution in [-0.2, 0) is 11.3 Å². The van der Waals surface area contributed by atoms with Gasteiger partial charge in [-0.3, -0.25) is 9.47 Å². The Kier molecular flexibility index (Phi) is 6.70. The maximum Gasteiger partial charge on any atom is 0.359 e. The molecular weight excluding hydrogens is 514 g/mol. The highest BCUT2D eigenvalue weighted by Gasteiger charge is 2.50. The lowest BCUT2D eigenvalue weighted by Crippen LogP contribution is -2.73. The Labute approximate surface area is 236 Å². The second kappa shape index (κ2) is 9.81. The van der Waals surface area contributed by atoms with Crippen LogP contribution in [0.4, 0.5) is 10.5 Å². The van der Waals surface area contributed by atoms with Crippen molar-refractivity contribution in [1.82, 2.24) is 19.8 Å². The maximum absolute atomic E-state index is 14.6. The van der Waals surface area contributed by atoms with Gasteiger partial charge < -0.3 is 15.0 Å². The van der Waals surface area contributed by atoms with Gasteiger partial charge >= 0.3 is 12.0 Å². The van der Waals surface area contributed by atoms with Crippen molar-refractivity contribution < 1.29 is 14.3 Å². The summed E-state index contributed by atoms with van der Waals surface area (Å²) in [6.07, 6.45) is 13.4. The van der Waals surface area contributed by atoms with Gasteiger partial charge in [-0.25, -0.2) is 14.6 Å². The third-order valence-electron chi connectivity index (χ3n) is 8.89. The third-order valence-corrected chi connectivity index (χ3v) is 9.13. The smallest absolute Gasteiger partial charge is 0.359 e. The minimum Gasteiger partial charge on any atom is -0.455 e. The number of urea groups is 1. The summed E-state index contributed by atoms with van der Waals surface area (Å²) in [5.41, 5.74) is 1.72. The highest BCUT2D eigenvalue weighted by Crippen LogP contribution is 2.42. The van der Waals surface area contributed by atoms with Crippen LogP contribution in [0.5, 0.6) is 0 Å². The zero-order valence-electron chi connectivity index (χ0n) is 23.4. The second-order valence-electron chi connectivity index (χ2n) is 13.1. The molecule has 6 rings (SSSR count). The summed E-state index contributed by atoms with van der Waals surface area (Å²) in [4.78, 5) is 36.0. The lowest BCUT2D eigenvalue weighted by Gasteiger charge is -2.56. The van der Waals surface area contributed by atoms with Gasteiger partial charge in [0, 0.05) is 29.2 Å². The van der Waals surface area contributed by atoms with Crippen LogP contribution in [0, 0.1) is 0 Å². The van der Waals surface area contributed by atoms with E-state index in [-0.39, 0.29) is 29.3 Å². The first-order valence-electron chi connectivity index (χ1n) is 14.5. The Hall–Kier alpha value is -2.58. The van der Waals surface area contributed by atoms with Crippen molar-refractivity contribution in [2.24, 2.45) is 0 Å². The Balaban J connectivity index is 1.37. The summed E-state index contributed by atoms with van der Waals surface area (Å²) in [6.45, 7) is 7.16. The summed E-state index contributed by atoms with van der Waals surface area (Å²) in [5.74, 6) is -0.481. The van der Waals surface area contributed by atoms with Gasteiger partial charge in [-0.15, -0.1) is 0 Å². The molecule has 0 unspecified atom stereocenters. The molecular formula is C30H40ClN5O3. The summed E-state index contributed by atoms with van der Waals surface area (Å²) >= 11 is 6.46. The van der Waals surface area contributed by atoms with Crippen molar-refractivity contribution in [3.63, 3.8) is 0 Å². The number of anilines is 1. The van der Waals surface area contributed by atoms with Crippen LogP contribution in [0.1, 0.15) is 101 Å². The Bertz CT molecular complexity index is 1240. The first-order valence-corrected chi connectivity index (χ1v) is 14.9. The fourth-order valence-corrected chi connectivity index (χ4v) is 7.48. The second-order valence-corrected chi connectivity index (χ2v) is 13.5. The number of imidazole rings is 1. The predicted molar refractivity (Wildman–Crippen MR) is 152 cm³/mol. The number of halogens is 1. The number of rotatable bonds is 1. The van der Waals surface area contributed by atoms with E-state index in [0.29, 0.717) is 23.8 Å². The molecule has 4 aliphatic rings. The van der Waals surface area contributed by atoms with Crippen LogP contribution in [0.15, 0.2) is 24.5 Å². The number of esters is 1. The van der Waals surface area contributed by atoms with Crippen LogP contribution in [0.2, 0.25) is 5.02 Å².